The fourth-order valence-electron chi connectivity index (χ4n) is 2.61. The van der Waals surface area contributed by atoms with Gasteiger partial charge in [-0.1, -0.05) is 40.9 Å². The van der Waals surface area contributed by atoms with Crippen molar-refractivity contribution >= 4 is 56.2 Å². The standard InChI is InChI=1S/C15H15Cl3N2O2S2/c16-12-2-1-3-13(15(12)18)24(21,22)20-8-6-19(7-9-20)10-11-4-5-14(17)23-11/h1-5H,6-10H2. The maximum atomic E-state index is 12.8. The van der Waals surface area contributed by atoms with Gasteiger partial charge in [-0.2, -0.15) is 4.31 Å². The Bertz CT molecular complexity index is 831. The molecule has 0 saturated carbocycles. The predicted octanol–water partition coefficient (Wildman–Crippen LogP) is 4.21. The minimum Gasteiger partial charge on any atom is -0.296 e. The Morgan fingerprint density at radius 1 is 1.00 bits per heavy atom. The van der Waals surface area contributed by atoms with Crippen molar-refractivity contribution in [2.75, 3.05) is 26.2 Å². The van der Waals surface area contributed by atoms with E-state index in [1.165, 1.54) is 15.2 Å². The second-order valence-electron chi connectivity index (χ2n) is 5.44. The summed E-state index contributed by atoms with van der Waals surface area (Å²) < 4.78 is 27.8. The summed E-state index contributed by atoms with van der Waals surface area (Å²) >= 11 is 19.5. The van der Waals surface area contributed by atoms with E-state index < -0.39 is 10.0 Å². The van der Waals surface area contributed by atoms with Crippen LogP contribution in [0.5, 0.6) is 0 Å². The average molecular weight is 426 g/mol. The van der Waals surface area contributed by atoms with Crippen LogP contribution in [0.25, 0.3) is 0 Å². The van der Waals surface area contributed by atoms with Crippen molar-refractivity contribution in [3.05, 3.63) is 49.6 Å². The van der Waals surface area contributed by atoms with Gasteiger partial charge in [-0.25, -0.2) is 8.42 Å². The van der Waals surface area contributed by atoms with E-state index in [1.54, 1.807) is 23.5 Å². The Kier molecular flexibility index (Phi) is 5.76. The topological polar surface area (TPSA) is 40.6 Å². The zero-order valence-electron chi connectivity index (χ0n) is 12.6. The first-order chi connectivity index (χ1) is 11.4. The highest BCUT2D eigenvalue weighted by atomic mass is 35.5. The Labute approximate surface area is 160 Å². The van der Waals surface area contributed by atoms with Crippen LogP contribution in [0.1, 0.15) is 4.88 Å². The molecule has 0 aliphatic carbocycles. The second-order valence-corrected chi connectivity index (χ2v) is 9.93. The molecule has 1 fully saturated rings. The largest absolute Gasteiger partial charge is 0.296 e. The Hall–Kier alpha value is -0.340. The lowest BCUT2D eigenvalue weighted by atomic mass is 10.3. The molecule has 1 saturated heterocycles. The predicted molar refractivity (Wildman–Crippen MR) is 99.8 cm³/mol. The van der Waals surface area contributed by atoms with Gasteiger partial charge in [-0.15, -0.1) is 11.3 Å². The first kappa shape index (κ1) is 18.5. The second kappa shape index (κ2) is 7.50. The average Bonchev–Trinajstić information content (AvgIpc) is 2.95. The summed E-state index contributed by atoms with van der Waals surface area (Å²) in [6, 6.07) is 8.54. The molecule has 0 spiro atoms. The third kappa shape index (κ3) is 3.90. The highest BCUT2D eigenvalue weighted by Gasteiger charge is 2.30. The van der Waals surface area contributed by atoms with E-state index in [0.29, 0.717) is 26.2 Å². The maximum Gasteiger partial charge on any atom is 0.244 e. The Morgan fingerprint density at radius 3 is 2.33 bits per heavy atom. The summed E-state index contributed by atoms with van der Waals surface area (Å²) in [7, 11) is -3.64. The van der Waals surface area contributed by atoms with Crippen molar-refractivity contribution in [3.63, 3.8) is 0 Å². The molecular weight excluding hydrogens is 411 g/mol. The summed E-state index contributed by atoms with van der Waals surface area (Å²) in [5.41, 5.74) is 0. The Balaban J connectivity index is 1.68. The van der Waals surface area contributed by atoms with Gasteiger partial charge in [0, 0.05) is 37.6 Å². The molecule has 2 heterocycles. The van der Waals surface area contributed by atoms with Crippen molar-refractivity contribution in [2.45, 2.75) is 11.4 Å². The number of hydrogen-bond donors (Lipinski definition) is 0. The third-order valence-corrected chi connectivity index (χ3v) is 7.96. The van der Waals surface area contributed by atoms with Crippen LogP contribution in [0.4, 0.5) is 0 Å². The zero-order chi connectivity index (χ0) is 17.3. The summed E-state index contributed by atoms with van der Waals surface area (Å²) in [6.45, 7) is 2.94. The fraction of sp³-hybridized carbons (Fsp3) is 0.333. The molecule has 1 aliphatic rings. The minimum atomic E-state index is -3.64. The number of sulfonamides is 1. The van der Waals surface area contributed by atoms with Crippen LogP contribution in [0.15, 0.2) is 35.2 Å². The van der Waals surface area contributed by atoms with Crippen LogP contribution in [0.2, 0.25) is 14.4 Å². The number of halogens is 3. The number of piperazine rings is 1. The van der Waals surface area contributed by atoms with Gasteiger partial charge in [0.1, 0.15) is 4.90 Å². The van der Waals surface area contributed by atoms with Gasteiger partial charge in [0.15, 0.2) is 0 Å². The van der Waals surface area contributed by atoms with Crippen molar-refractivity contribution in [1.29, 1.82) is 0 Å². The van der Waals surface area contributed by atoms with Crippen molar-refractivity contribution in [3.8, 4) is 0 Å². The monoisotopic (exact) mass is 424 g/mol. The fourth-order valence-corrected chi connectivity index (χ4v) is 5.90. The molecule has 9 heteroatoms. The van der Waals surface area contributed by atoms with Gasteiger partial charge in [0.2, 0.25) is 10.0 Å². The SMILES string of the molecule is O=S(=O)(c1cccc(Cl)c1Cl)N1CCN(Cc2ccc(Cl)s2)CC1. The molecule has 1 aromatic carbocycles. The molecular formula is C15H15Cl3N2O2S2. The summed E-state index contributed by atoms with van der Waals surface area (Å²) in [4.78, 5) is 3.46. The van der Waals surface area contributed by atoms with Gasteiger partial charge in [0.05, 0.1) is 14.4 Å². The van der Waals surface area contributed by atoms with E-state index in [9.17, 15) is 8.42 Å². The lowest BCUT2D eigenvalue weighted by molar-refractivity contribution is 0.183. The van der Waals surface area contributed by atoms with Gasteiger partial charge >= 0.3 is 0 Å². The summed E-state index contributed by atoms with van der Waals surface area (Å²) in [6.07, 6.45) is 0. The molecule has 1 aromatic heterocycles. The molecule has 0 bridgehead atoms. The van der Waals surface area contributed by atoms with E-state index in [2.05, 4.69) is 4.90 Å². The molecule has 1 aliphatic heterocycles. The van der Waals surface area contributed by atoms with Gasteiger partial charge in [-0.05, 0) is 24.3 Å². The molecule has 0 amide bonds. The van der Waals surface area contributed by atoms with Crippen LogP contribution in [0, 0.1) is 0 Å². The first-order valence-corrected chi connectivity index (χ1v) is 10.7. The molecule has 4 nitrogen and oxygen atoms in total. The van der Waals surface area contributed by atoms with E-state index in [4.69, 9.17) is 34.8 Å². The first-order valence-electron chi connectivity index (χ1n) is 7.28. The van der Waals surface area contributed by atoms with Crippen LogP contribution in [-0.2, 0) is 16.6 Å². The molecule has 2 aromatic rings. The molecule has 0 unspecified atom stereocenters. The number of thiophene rings is 1. The van der Waals surface area contributed by atoms with Crippen LogP contribution in [-0.4, -0.2) is 43.8 Å². The Morgan fingerprint density at radius 2 is 1.71 bits per heavy atom. The van der Waals surface area contributed by atoms with Crippen molar-refractivity contribution < 1.29 is 8.42 Å². The number of benzene rings is 1. The van der Waals surface area contributed by atoms with Crippen molar-refractivity contribution in [1.82, 2.24) is 9.21 Å². The number of hydrogen-bond acceptors (Lipinski definition) is 4. The van der Waals surface area contributed by atoms with Crippen molar-refractivity contribution in [2.24, 2.45) is 0 Å². The zero-order valence-corrected chi connectivity index (χ0v) is 16.5. The maximum absolute atomic E-state index is 12.8. The lowest BCUT2D eigenvalue weighted by Crippen LogP contribution is -2.48. The quantitative estimate of drug-likeness (QED) is 0.736. The van der Waals surface area contributed by atoms with Gasteiger partial charge < -0.3 is 0 Å². The van der Waals surface area contributed by atoms with Crippen LogP contribution < -0.4 is 0 Å². The number of rotatable bonds is 4. The van der Waals surface area contributed by atoms with Crippen LogP contribution >= 0.6 is 46.1 Å². The smallest absolute Gasteiger partial charge is 0.244 e. The molecule has 0 atom stereocenters. The molecule has 0 N–H and O–H groups in total. The van der Waals surface area contributed by atoms with E-state index in [1.807, 2.05) is 12.1 Å². The minimum absolute atomic E-state index is 0.0650. The summed E-state index contributed by atoms with van der Waals surface area (Å²) in [5.74, 6) is 0. The lowest BCUT2D eigenvalue weighted by Gasteiger charge is -2.33. The van der Waals surface area contributed by atoms with Gasteiger partial charge in [-0.3, -0.25) is 4.90 Å². The van der Waals surface area contributed by atoms with Gasteiger partial charge in [0.25, 0.3) is 0 Å². The molecule has 130 valence electrons. The highest BCUT2D eigenvalue weighted by Crippen LogP contribution is 2.31. The molecule has 0 radical (unpaired) electrons. The highest BCUT2D eigenvalue weighted by molar-refractivity contribution is 7.89. The molecule has 24 heavy (non-hydrogen) atoms. The number of nitrogens with zero attached hydrogens (tertiary/aromatic N) is 2. The third-order valence-electron chi connectivity index (χ3n) is 3.87. The van der Waals surface area contributed by atoms with E-state index in [-0.39, 0.29) is 14.9 Å². The van der Waals surface area contributed by atoms with E-state index >= 15 is 0 Å². The van der Waals surface area contributed by atoms with Crippen LogP contribution in [0.3, 0.4) is 0 Å². The summed E-state index contributed by atoms with van der Waals surface area (Å²) in [5, 5.41) is 0.320. The normalized spacial score (nSPS) is 17.3. The van der Waals surface area contributed by atoms with E-state index in [0.717, 1.165) is 10.9 Å². The molecule has 3 rings (SSSR count).